The predicted molar refractivity (Wildman–Crippen MR) is 49.1 cm³/mol. The maximum Gasteiger partial charge on any atom is 0.335 e. The summed E-state index contributed by atoms with van der Waals surface area (Å²) in [5.74, 6) is -1.55. The Labute approximate surface area is 81.1 Å². The van der Waals surface area contributed by atoms with Crippen LogP contribution in [0.25, 0.3) is 0 Å². The van der Waals surface area contributed by atoms with Gasteiger partial charge in [-0.3, -0.25) is 0 Å². The fourth-order valence-electron chi connectivity index (χ4n) is 1.03. The summed E-state index contributed by atoms with van der Waals surface area (Å²) in [7, 11) is 0. The molecule has 0 saturated heterocycles. The Morgan fingerprint density at radius 2 is 2.07 bits per heavy atom. The molecule has 0 aliphatic carbocycles. The molecule has 0 fully saturated rings. The van der Waals surface area contributed by atoms with Gasteiger partial charge in [-0.05, 0) is 26.0 Å². The molecule has 0 radical (unpaired) electrons. The van der Waals surface area contributed by atoms with Crippen LogP contribution >= 0.6 is 0 Å². The van der Waals surface area contributed by atoms with Crippen molar-refractivity contribution in [3.8, 4) is 5.75 Å². The first kappa shape index (κ1) is 10.5. The molecular formula is C10H11FO3. The Bertz CT molecular complexity index is 347. The lowest BCUT2D eigenvalue weighted by molar-refractivity contribution is 0.0695. The van der Waals surface area contributed by atoms with Crippen LogP contribution in [0.15, 0.2) is 18.2 Å². The fourth-order valence-corrected chi connectivity index (χ4v) is 1.03. The fraction of sp³-hybridized carbons (Fsp3) is 0.300. The molecule has 14 heavy (non-hydrogen) atoms. The van der Waals surface area contributed by atoms with Crippen molar-refractivity contribution < 1.29 is 19.0 Å². The molecular weight excluding hydrogens is 187 g/mol. The van der Waals surface area contributed by atoms with Crippen molar-refractivity contribution in [2.24, 2.45) is 0 Å². The van der Waals surface area contributed by atoms with Crippen LogP contribution in [-0.4, -0.2) is 17.2 Å². The Morgan fingerprint density at radius 3 is 2.57 bits per heavy atom. The minimum Gasteiger partial charge on any atom is -0.491 e. The summed E-state index contributed by atoms with van der Waals surface area (Å²) < 4.78 is 18.1. The summed E-state index contributed by atoms with van der Waals surface area (Å²) >= 11 is 0. The number of carbonyl (C=O) groups is 1. The summed E-state index contributed by atoms with van der Waals surface area (Å²) in [4.78, 5) is 10.6. The lowest BCUT2D eigenvalue weighted by Gasteiger charge is -2.09. The Kier molecular flexibility index (Phi) is 3.06. The predicted octanol–water partition coefficient (Wildman–Crippen LogP) is 2.31. The Morgan fingerprint density at radius 1 is 1.43 bits per heavy atom. The molecule has 0 heterocycles. The third-order valence-electron chi connectivity index (χ3n) is 1.49. The molecule has 76 valence electrons. The molecule has 0 aliphatic heterocycles. The number of carboxylic acids is 1. The van der Waals surface area contributed by atoms with Gasteiger partial charge in [0.1, 0.15) is 11.6 Å². The zero-order valence-electron chi connectivity index (χ0n) is 7.95. The SMILES string of the molecule is CC(C)Oc1cc(F)cc(C(=O)O)c1. The van der Waals surface area contributed by atoms with E-state index in [0.717, 1.165) is 12.1 Å². The first-order valence-electron chi connectivity index (χ1n) is 4.19. The number of halogens is 1. The van der Waals surface area contributed by atoms with Gasteiger partial charge in [0.25, 0.3) is 0 Å². The van der Waals surface area contributed by atoms with E-state index in [2.05, 4.69) is 0 Å². The van der Waals surface area contributed by atoms with Crippen molar-refractivity contribution in [2.75, 3.05) is 0 Å². The lowest BCUT2D eigenvalue weighted by atomic mass is 10.2. The van der Waals surface area contributed by atoms with Gasteiger partial charge >= 0.3 is 5.97 Å². The van der Waals surface area contributed by atoms with Crippen molar-refractivity contribution in [2.45, 2.75) is 20.0 Å². The largest absolute Gasteiger partial charge is 0.491 e. The zero-order valence-corrected chi connectivity index (χ0v) is 7.95. The van der Waals surface area contributed by atoms with Crippen molar-refractivity contribution in [1.29, 1.82) is 0 Å². The van der Waals surface area contributed by atoms with E-state index in [-0.39, 0.29) is 17.4 Å². The maximum atomic E-state index is 12.9. The van der Waals surface area contributed by atoms with Crippen LogP contribution in [-0.2, 0) is 0 Å². The van der Waals surface area contributed by atoms with Gasteiger partial charge in [0.05, 0.1) is 11.7 Å². The first-order chi connectivity index (χ1) is 6.49. The lowest BCUT2D eigenvalue weighted by Crippen LogP contribution is -2.07. The van der Waals surface area contributed by atoms with Gasteiger partial charge in [-0.2, -0.15) is 0 Å². The molecule has 0 saturated carbocycles. The standard InChI is InChI=1S/C10H11FO3/c1-6(2)14-9-4-7(10(12)13)3-8(11)5-9/h3-6H,1-2H3,(H,12,13). The highest BCUT2D eigenvalue weighted by atomic mass is 19.1. The molecule has 1 N–H and O–H groups in total. The second kappa shape index (κ2) is 4.09. The number of benzene rings is 1. The molecule has 3 nitrogen and oxygen atoms in total. The van der Waals surface area contributed by atoms with E-state index in [0.29, 0.717) is 0 Å². The van der Waals surface area contributed by atoms with Crippen molar-refractivity contribution >= 4 is 5.97 Å². The molecule has 0 aliphatic rings. The number of aromatic carboxylic acids is 1. The molecule has 0 spiro atoms. The van der Waals surface area contributed by atoms with Gasteiger partial charge in [-0.15, -0.1) is 0 Å². The quantitative estimate of drug-likeness (QED) is 0.810. The number of hydrogen-bond donors (Lipinski definition) is 1. The highest BCUT2D eigenvalue weighted by Gasteiger charge is 2.08. The molecule has 0 bridgehead atoms. The summed E-state index contributed by atoms with van der Waals surface area (Å²) in [6.45, 7) is 3.57. The van der Waals surface area contributed by atoms with Crippen LogP contribution < -0.4 is 4.74 Å². The highest BCUT2D eigenvalue weighted by Crippen LogP contribution is 2.17. The first-order valence-corrected chi connectivity index (χ1v) is 4.19. The molecule has 0 atom stereocenters. The summed E-state index contributed by atoms with van der Waals surface area (Å²) in [5, 5.41) is 8.65. The highest BCUT2D eigenvalue weighted by molar-refractivity contribution is 5.88. The van der Waals surface area contributed by atoms with E-state index in [9.17, 15) is 9.18 Å². The van der Waals surface area contributed by atoms with Gasteiger partial charge in [-0.1, -0.05) is 0 Å². The number of carboxylic acid groups (broad SMARTS) is 1. The van der Waals surface area contributed by atoms with Crippen molar-refractivity contribution in [3.05, 3.63) is 29.6 Å². The van der Waals surface area contributed by atoms with E-state index in [1.165, 1.54) is 6.07 Å². The molecule has 1 aromatic rings. The summed E-state index contributed by atoms with van der Waals surface area (Å²) in [5.41, 5.74) is -0.111. The van der Waals surface area contributed by atoms with Crippen LogP contribution in [0.4, 0.5) is 4.39 Å². The molecule has 0 unspecified atom stereocenters. The van der Waals surface area contributed by atoms with Crippen LogP contribution in [0.3, 0.4) is 0 Å². The monoisotopic (exact) mass is 198 g/mol. The van der Waals surface area contributed by atoms with Gasteiger partial charge < -0.3 is 9.84 Å². The number of ether oxygens (including phenoxy) is 1. The maximum absolute atomic E-state index is 12.9. The van der Waals surface area contributed by atoms with E-state index in [1.54, 1.807) is 13.8 Å². The average Bonchev–Trinajstić information content (AvgIpc) is 2.01. The second-order valence-electron chi connectivity index (χ2n) is 3.15. The Hall–Kier alpha value is -1.58. The van der Waals surface area contributed by atoms with E-state index < -0.39 is 11.8 Å². The smallest absolute Gasteiger partial charge is 0.335 e. The van der Waals surface area contributed by atoms with E-state index >= 15 is 0 Å². The summed E-state index contributed by atoms with van der Waals surface area (Å²) in [6, 6.07) is 3.41. The van der Waals surface area contributed by atoms with Crippen LogP contribution in [0, 0.1) is 5.82 Å². The minimum absolute atomic E-state index is 0.111. The zero-order chi connectivity index (χ0) is 10.7. The van der Waals surface area contributed by atoms with Gasteiger partial charge in [0.2, 0.25) is 0 Å². The minimum atomic E-state index is -1.17. The van der Waals surface area contributed by atoms with Crippen LogP contribution in [0.5, 0.6) is 5.75 Å². The number of hydrogen-bond acceptors (Lipinski definition) is 2. The van der Waals surface area contributed by atoms with E-state index in [1.807, 2.05) is 0 Å². The van der Waals surface area contributed by atoms with E-state index in [4.69, 9.17) is 9.84 Å². The second-order valence-corrected chi connectivity index (χ2v) is 3.15. The van der Waals surface area contributed by atoms with Gasteiger partial charge in [0, 0.05) is 6.07 Å². The number of rotatable bonds is 3. The van der Waals surface area contributed by atoms with Crippen LogP contribution in [0.2, 0.25) is 0 Å². The third-order valence-corrected chi connectivity index (χ3v) is 1.49. The summed E-state index contributed by atoms with van der Waals surface area (Å²) in [6.07, 6.45) is -0.113. The molecule has 0 aromatic heterocycles. The Balaban J connectivity index is 3.01. The van der Waals surface area contributed by atoms with Gasteiger partial charge in [-0.25, -0.2) is 9.18 Å². The molecule has 1 aromatic carbocycles. The topological polar surface area (TPSA) is 46.5 Å². The average molecular weight is 198 g/mol. The van der Waals surface area contributed by atoms with Gasteiger partial charge in [0.15, 0.2) is 0 Å². The normalized spacial score (nSPS) is 10.3. The van der Waals surface area contributed by atoms with Crippen molar-refractivity contribution in [1.82, 2.24) is 0 Å². The molecule has 1 rings (SSSR count). The van der Waals surface area contributed by atoms with Crippen molar-refractivity contribution in [3.63, 3.8) is 0 Å². The molecule has 0 amide bonds. The molecule has 4 heteroatoms. The third kappa shape index (κ3) is 2.73. The van der Waals surface area contributed by atoms with Crippen LogP contribution in [0.1, 0.15) is 24.2 Å².